The van der Waals surface area contributed by atoms with Gasteiger partial charge in [-0.2, -0.15) is 0 Å². The van der Waals surface area contributed by atoms with Crippen LogP contribution in [0.2, 0.25) is 0 Å². The molecule has 0 fully saturated rings. The van der Waals surface area contributed by atoms with E-state index in [1.54, 1.807) is 31.8 Å². The van der Waals surface area contributed by atoms with Gasteiger partial charge in [-0.1, -0.05) is 0 Å². The molecule has 0 bridgehead atoms. The van der Waals surface area contributed by atoms with E-state index in [4.69, 9.17) is 9.47 Å². The van der Waals surface area contributed by atoms with Crippen LogP contribution in [0, 0.1) is 6.92 Å². The van der Waals surface area contributed by atoms with Crippen LogP contribution in [0.5, 0.6) is 11.5 Å². The van der Waals surface area contributed by atoms with Crippen molar-refractivity contribution in [1.29, 1.82) is 0 Å². The molecule has 1 aromatic carbocycles. The Morgan fingerprint density at radius 3 is 2.76 bits per heavy atom. The van der Waals surface area contributed by atoms with Crippen molar-refractivity contribution in [3.63, 3.8) is 0 Å². The average molecular weight is 304 g/mol. The number of nitrogens with zero attached hydrogens (tertiary/aromatic N) is 2. The van der Waals surface area contributed by atoms with Gasteiger partial charge in [0.05, 0.1) is 38.4 Å². The molecule has 0 unspecified atom stereocenters. The number of aromatic nitrogens is 2. The van der Waals surface area contributed by atoms with E-state index >= 15 is 0 Å². The molecule has 0 saturated heterocycles. The number of fused-ring (bicyclic) bond motifs is 1. The van der Waals surface area contributed by atoms with Gasteiger partial charge in [0, 0.05) is 10.4 Å². The van der Waals surface area contributed by atoms with Gasteiger partial charge < -0.3 is 14.6 Å². The van der Waals surface area contributed by atoms with Gasteiger partial charge in [-0.3, -0.25) is 4.40 Å². The predicted molar refractivity (Wildman–Crippen MR) is 82.3 cm³/mol. The second kappa shape index (κ2) is 5.38. The summed E-state index contributed by atoms with van der Waals surface area (Å²) in [4.78, 5) is 6.31. The van der Waals surface area contributed by atoms with Gasteiger partial charge in [0.1, 0.15) is 11.5 Å². The molecule has 21 heavy (non-hydrogen) atoms. The van der Waals surface area contributed by atoms with Crippen LogP contribution in [0.3, 0.4) is 0 Å². The number of hydrogen-bond donors (Lipinski definition) is 1. The summed E-state index contributed by atoms with van der Waals surface area (Å²) in [7, 11) is 3.28. The molecule has 6 heteroatoms. The summed E-state index contributed by atoms with van der Waals surface area (Å²) < 4.78 is 12.8. The zero-order valence-corrected chi connectivity index (χ0v) is 12.9. The summed E-state index contributed by atoms with van der Waals surface area (Å²) in [5.74, 6) is 1.52. The van der Waals surface area contributed by atoms with E-state index in [1.165, 1.54) is 0 Å². The number of aliphatic hydroxyl groups is 1. The lowest BCUT2D eigenvalue weighted by atomic mass is 10.1. The third-order valence-electron chi connectivity index (χ3n) is 3.43. The number of imidazole rings is 1. The maximum absolute atomic E-state index is 9.52. The van der Waals surface area contributed by atoms with E-state index in [1.807, 2.05) is 29.5 Å². The topological polar surface area (TPSA) is 56.0 Å². The van der Waals surface area contributed by atoms with E-state index in [0.29, 0.717) is 0 Å². The highest BCUT2D eigenvalue weighted by Crippen LogP contribution is 2.39. The Hall–Kier alpha value is -2.05. The van der Waals surface area contributed by atoms with E-state index < -0.39 is 0 Å². The standard InChI is InChI=1S/C15H16N2O3S/c1-9-14(17-10(8-18)7-16-15(17)21-9)12-6-11(19-2)4-5-13(12)20-3/h4-7,18H,8H2,1-3H3. The predicted octanol–water partition coefficient (Wildman–Crippen LogP) is 2.88. The fourth-order valence-electron chi connectivity index (χ4n) is 2.44. The van der Waals surface area contributed by atoms with Crippen LogP contribution in [-0.2, 0) is 6.61 Å². The van der Waals surface area contributed by atoms with Crippen LogP contribution in [0.1, 0.15) is 10.6 Å². The maximum Gasteiger partial charge on any atom is 0.194 e. The Kier molecular flexibility index (Phi) is 3.57. The largest absolute Gasteiger partial charge is 0.497 e. The van der Waals surface area contributed by atoms with Crippen molar-refractivity contribution in [2.24, 2.45) is 0 Å². The summed E-state index contributed by atoms with van der Waals surface area (Å²) in [6.07, 6.45) is 1.70. The highest BCUT2D eigenvalue weighted by molar-refractivity contribution is 7.17. The molecule has 3 rings (SSSR count). The highest BCUT2D eigenvalue weighted by atomic mass is 32.1. The first kappa shape index (κ1) is 13.9. The summed E-state index contributed by atoms with van der Waals surface area (Å²) in [5, 5.41) is 9.52. The molecule has 0 amide bonds. The van der Waals surface area contributed by atoms with Crippen LogP contribution in [0.25, 0.3) is 16.2 Å². The van der Waals surface area contributed by atoms with Crippen molar-refractivity contribution in [2.75, 3.05) is 14.2 Å². The van der Waals surface area contributed by atoms with Crippen molar-refractivity contribution >= 4 is 16.3 Å². The second-order valence-corrected chi connectivity index (χ2v) is 5.78. The van der Waals surface area contributed by atoms with Crippen molar-refractivity contribution < 1.29 is 14.6 Å². The van der Waals surface area contributed by atoms with Crippen LogP contribution in [0.15, 0.2) is 24.4 Å². The number of benzene rings is 1. The van der Waals surface area contributed by atoms with Gasteiger partial charge in [-0.15, -0.1) is 11.3 Å². The SMILES string of the molecule is COc1ccc(OC)c(-c2c(C)sc3ncc(CO)n23)c1. The molecule has 0 spiro atoms. The monoisotopic (exact) mass is 304 g/mol. The maximum atomic E-state index is 9.52. The van der Waals surface area contributed by atoms with Crippen LogP contribution >= 0.6 is 11.3 Å². The number of hydrogen-bond acceptors (Lipinski definition) is 5. The Morgan fingerprint density at radius 1 is 1.29 bits per heavy atom. The number of rotatable bonds is 4. The van der Waals surface area contributed by atoms with E-state index in [9.17, 15) is 5.11 Å². The number of aliphatic hydroxyl groups excluding tert-OH is 1. The van der Waals surface area contributed by atoms with Gasteiger partial charge in [0.15, 0.2) is 4.96 Å². The summed E-state index contributed by atoms with van der Waals surface area (Å²) in [5.41, 5.74) is 2.66. The molecule has 0 aliphatic carbocycles. The Morgan fingerprint density at radius 2 is 2.10 bits per heavy atom. The molecule has 0 aliphatic rings. The summed E-state index contributed by atoms with van der Waals surface area (Å²) in [6.45, 7) is 1.98. The Balaban J connectivity index is 2.33. The van der Waals surface area contributed by atoms with Crippen LogP contribution < -0.4 is 9.47 Å². The third-order valence-corrected chi connectivity index (χ3v) is 4.40. The lowest BCUT2D eigenvalue weighted by Crippen LogP contribution is -1.97. The van der Waals surface area contributed by atoms with Crippen molar-refractivity contribution in [1.82, 2.24) is 9.38 Å². The van der Waals surface area contributed by atoms with Crippen molar-refractivity contribution in [3.8, 4) is 22.8 Å². The van der Waals surface area contributed by atoms with Crippen LogP contribution in [0.4, 0.5) is 0 Å². The van der Waals surface area contributed by atoms with Gasteiger partial charge in [0.2, 0.25) is 0 Å². The van der Waals surface area contributed by atoms with Gasteiger partial charge in [0.25, 0.3) is 0 Å². The van der Waals surface area contributed by atoms with Crippen molar-refractivity contribution in [3.05, 3.63) is 35.0 Å². The minimum atomic E-state index is -0.0589. The fraction of sp³-hybridized carbons (Fsp3) is 0.267. The first-order valence-corrected chi connectivity index (χ1v) is 7.30. The zero-order chi connectivity index (χ0) is 15.0. The zero-order valence-electron chi connectivity index (χ0n) is 12.1. The molecule has 5 nitrogen and oxygen atoms in total. The molecule has 2 aromatic heterocycles. The number of aryl methyl sites for hydroxylation is 1. The highest BCUT2D eigenvalue weighted by Gasteiger charge is 2.19. The Labute approximate surface area is 126 Å². The van der Waals surface area contributed by atoms with Crippen molar-refractivity contribution in [2.45, 2.75) is 13.5 Å². The minimum absolute atomic E-state index is 0.0589. The molecule has 3 aromatic rings. The average Bonchev–Trinajstić information content (AvgIpc) is 3.04. The molecular weight excluding hydrogens is 288 g/mol. The fourth-order valence-corrected chi connectivity index (χ4v) is 3.42. The van der Waals surface area contributed by atoms with Crippen LogP contribution in [-0.4, -0.2) is 28.7 Å². The first-order valence-electron chi connectivity index (χ1n) is 6.48. The summed E-state index contributed by atoms with van der Waals surface area (Å²) in [6, 6.07) is 5.68. The van der Waals surface area contributed by atoms with Gasteiger partial charge >= 0.3 is 0 Å². The molecule has 0 atom stereocenters. The molecule has 1 N–H and O–H groups in total. The number of methoxy groups -OCH3 is 2. The lowest BCUT2D eigenvalue weighted by molar-refractivity contribution is 0.276. The van der Waals surface area contributed by atoms with Gasteiger partial charge in [-0.25, -0.2) is 4.98 Å². The second-order valence-electron chi connectivity index (χ2n) is 4.60. The molecule has 2 heterocycles. The Bertz CT molecular complexity index is 792. The number of ether oxygens (including phenoxy) is 2. The smallest absolute Gasteiger partial charge is 0.194 e. The first-order chi connectivity index (χ1) is 10.2. The van der Waals surface area contributed by atoms with E-state index in [0.717, 1.165) is 38.3 Å². The normalized spacial score (nSPS) is 11.0. The minimum Gasteiger partial charge on any atom is -0.497 e. The summed E-state index contributed by atoms with van der Waals surface area (Å²) >= 11 is 1.59. The molecular formula is C15H16N2O3S. The molecule has 0 radical (unpaired) electrons. The van der Waals surface area contributed by atoms with E-state index in [-0.39, 0.29) is 6.61 Å². The van der Waals surface area contributed by atoms with E-state index in [2.05, 4.69) is 4.98 Å². The molecule has 0 aliphatic heterocycles. The molecule has 110 valence electrons. The quantitative estimate of drug-likeness (QED) is 0.805. The molecule has 0 saturated carbocycles. The number of thiazole rings is 1. The van der Waals surface area contributed by atoms with Gasteiger partial charge in [-0.05, 0) is 25.1 Å². The third kappa shape index (κ3) is 2.16. The lowest BCUT2D eigenvalue weighted by Gasteiger charge is -2.11.